The lowest BCUT2D eigenvalue weighted by molar-refractivity contribution is 0.0599. The highest BCUT2D eigenvalue weighted by molar-refractivity contribution is 5.91. The first-order valence-corrected chi connectivity index (χ1v) is 9.57. The van der Waals surface area contributed by atoms with Gasteiger partial charge in [0, 0.05) is 12.6 Å². The van der Waals surface area contributed by atoms with Gasteiger partial charge >= 0.3 is 12.1 Å². The van der Waals surface area contributed by atoms with E-state index >= 15 is 0 Å². The van der Waals surface area contributed by atoms with Crippen LogP contribution in [0.15, 0.2) is 48.5 Å². The molecular weight excluding hydrogens is 354 g/mol. The molecule has 0 N–H and O–H groups in total. The van der Waals surface area contributed by atoms with Gasteiger partial charge in [0.15, 0.2) is 0 Å². The Kier molecular flexibility index (Phi) is 9.79. The quantitative estimate of drug-likeness (QED) is 0.629. The van der Waals surface area contributed by atoms with Crippen LogP contribution in [0.4, 0.5) is 4.79 Å². The molecule has 0 aliphatic rings. The number of hydrogen-bond donors (Lipinski definition) is 0. The summed E-state index contributed by atoms with van der Waals surface area (Å²) in [5, 5.41) is 0. The Morgan fingerprint density at radius 1 is 1.00 bits per heavy atom. The molecule has 0 saturated carbocycles. The number of carbonyl (C=O) groups is 2. The van der Waals surface area contributed by atoms with Crippen LogP contribution >= 0.6 is 0 Å². The van der Waals surface area contributed by atoms with Gasteiger partial charge in [0.2, 0.25) is 0 Å². The molecule has 0 aliphatic carbocycles. The molecule has 0 saturated heterocycles. The third-order valence-corrected chi connectivity index (χ3v) is 4.12. The van der Waals surface area contributed by atoms with Gasteiger partial charge in [0.05, 0.1) is 12.7 Å². The van der Waals surface area contributed by atoms with Crippen molar-refractivity contribution in [3.63, 3.8) is 0 Å². The SMILES string of the molecule is CC.COC(=O)c1cc(CN(C(=O)OCc2ccccc2)C(C)C)ccc1C. The lowest BCUT2D eigenvalue weighted by Gasteiger charge is -2.26. The third-order valence-electron chi connectivity index (χ3n) is 4.12. The average Bonchev–Trinajstić information content (AvgIpc) is 2.72. The van der Waals surface area contributed by atoms with E-state index in [-0.39, 0.29) is 24.7 Å². The molecule has 2 aromatic carbocycles. The maximum absolute atomic E-state index is 12.5. The summed E-state index contributed by atoms with van der Waals surface area (Å²) < 4.78 is 10.3. The summed E-state index contributed by atoms with van der Waals surface area (Å²) in [7, 11) is 1.36. The smallest absolute Gasteiger partial charge is 0.410 e. The topological polar surface area (TPSA) is 55.8 Å². The minimum absolute atomic E-state index is 0.0406. The summed E-state index contributed by atoms with van der Waals surface area (Å²) in [6, 6.07) is 15.0. The van der Waals surface area contributed by atoms with E-state index in [0.717, 1.165) is 16.7 Å². The van der Waals surface area contributed by atoms with Crippen LogP contribution in [0.5, 0.6) is 0 Å². The number of aryl methyl sites for hydroxylation is 1. The monoisotopic (exact) mass is 385 g/mol. The number of methoxy groups -OCH3 is 1. The summed E-state index contributed by atoms with van der Waals surface area (Å²) in [6.45, 7) is 10.3. The summed E-state index contributed by atoms with van der Waals surface area (Å²) in [4.78, 5) is 26.0. The number of rotatable bonds is 6. The van der Waals surface area contributed by atoms with E-state index in [9.17, 15) is 9.59 Å². The van der Waals surface area contributed by atoms with Crippen molar-refractivity contribution in [3.8, 4) is 0 Å². The van der Waals surface area contributed by atoms with Gasteiger partial charge < -0.3 is 14.4 Å². The van der Waals surface area contributed by atoms with Crippen molar-refractivity contribution >= 4 is 12.1 Å². The zero-order valence-electron chi connectivity index (χ0n) is 17.7. The second kappa shape index (κ2) is 11.8. The normalized spacial score (nSPS) is 9.96. The highest BCUT2D eigenvalue weighted by Gasteiger charge is 2.20. The molecule has 152 valence electrons. The number of nitrogens with zero attached hydrogens (tertiary/aromatic N) is 1. The lowest BCUT2D eigenvalue weighted by atomic mass is 10.0. The molecule has 0 aliphatic heterocycles. The number of benzene rings is 2. The standard InChI is InChI=1S/C21H25NO4.C2H6/c1-15(2)22(21(24)26-14-17-8-6-5-7-9-17)13-18-11-10-16(3)19(12-18)20(23)25-4;1-2/h5-12,15H,13-14H2,1-4H3;1-2H3. The fraction of sp³-hybridized carbons (Fsp3) is 0.391. The maximum atomic E-state index is 12.5. The van der Waals surface area contributed by atoms with Crippen molar-refractivity contribution in [2.75, 3.05) is 7.11 Å². The minimum Gasteiger partial charge on any atom is -0.465 e. The van der Waals surface area contributed by atoms with E-state index in [1.165, 1.54) is 7.11 Å². The van der Waals surface area contributed by atoms with Crippen LogP contribution < -0.4 is 0 Å². The van der Waals surface area contributed by atoms with Gasteiger partial charge in [0.1, 0.15) is 6.61 Å². The van der Waals surface area contributed by atoms with Gasteiger partial charge in [-0.05, 0) is 43.5 Å². The van der Waals surface area contributed by atoms with Gasteiger partial charge in [-0.25, -0.2) is 9.59 Å². The Balaban J connectivity index is 0.00000190. The van der Waals surface area contributed by atoms with E-state index in [1.54, 1.807) is 11.0 Å². The number of ether oxygens (including phenoxy) is 2. The van der Waals surface area contributed by atoms with E-state index in [1.807, 2.05) is 77.1 Å². The summed E-state index contributed by atoms with van der Waals surface area (Å²) >= 11 is 0. The molecule has 0 fully saturated rings. The molecule has 0 bridgehead atoms. The Labute approximate surface area is 168 Å². The molecule has 0 atom stereocenters. The lowest BCUT2D eigenvalue weighted by Crippen LogP contribution is -2.36. The fourth-order valence-electron chi connectivity index (χ4n) is 2.55. The van der Waals surface area contributed by atoms with Crippen molar-refractivity contribution in [1.82, 2.24) is 4.90 Å². The van der Waals surface area contributed by atoms with Crippen molar-refractivity contribution in [2.24, 2.45) is 0 Å². The van der Waals surface area contributed by atoms with E-state index in [0.29, 0.717) is 12.1 Å². The van der Waals surface area contributed by atoms with Crippen LogP contribution in [0, 0.1) is 6.92 Å². The van der Waals surface area contributed by atoms with Crippen LogP contribution in [0.25, 0.3) is 0 Å². The Hall–Kier alpha value is -2.82. The van der Waals surface area contributed by atoms with Crippen LogP contribution in [0.3, 0.4) is 0 Å². The van der Waals surface area contributed by atoms with Crippen molar-refractivity contribution in [2.45, 2.75) is 53.8 Å². The van der Waals surface area contributed by atoms with E-state index in [4.69, 9.17) is 9.47 Å². The number of hydrogen-bond acceptors (Lipinski definition) is 4. The van der Waals surface area contributed by atoms with Gasteiger partial charge in [-0.1, -0.05) is 56.3 Å². The summed E-state index contributed by atoms with van der Waals surface area (Å²) in [6.07, 6.45) is -0.385. The predicted octanol–water partition coefficient (Wildman–Crippen LogP) is 5.36. The number of esters is 1. The highest BCUT2D eigenvalue weighted by atomic mass is 16.6. The van der Waals surface area contributed by atoms with Crippen LogP contribution in [0.1, 0.15) is 54.7 Å². The molecule has 28 heavy (non-hydrogen) atoms. The molecule has 0 aromatic heterocycles. The molecule has 0 spiro atoms. The molecule has 2 rings (SSSR count). The second-order valence-electron chi connectivity index (χ2n) is 6.40. The molecule has 0 heterocycles. The average molecular weight is 386 g/mol. The van der Waals surface area contributed by atoms with E-state index < -0.39 is 0 Å². The summed E-state index contributed by atoms with van der Waals surface area (Å²) in [5.41, 5.74) is 3.13. The molecular formula is C23H31NO4. The first kappa shape index (κ1) is 23.2. The first-order valence-electron chi connectivity index (χ1n) is 9.57. The zero-order valence-corrected chi connectivity index (χ0v) is 17.7. The van der Waals surface area contributed by atoms with Crippen LogP contribution in [-0.4, -0.2) is 30.1 Å². The zero-order chi connectivity index (χ0) is 21.1. The van der Waals surface area contributed by atoms with Crippen molar-refractivity contribution in [3.05, 3.63) is 70.8 Å². The van der Waals surface area contributed by atoms with Crippen molar-refractivity contribution < 1.29 is 19.1 Å². The van der Waals surface area contributed by atoms with Gasteiger partial charge in [-0.2, -0.15) is 0 Å². The Morgan fingerprint density at radius 2 is 1.64 bits per heavy atom. The summed E-state index contributed by atoms with van der Waals surface area (Å²) in [5.74, 6) is -0.382. The number of amides is 1. The van der Waals surface area contributed by atoms with Gasteiger partial charge in [-0.15, -0.1) is 0 Å². The van der Waals surface area contributed by atoms with Crippen LogP contribution in [-0.2, 0) is 22.6 Å². The molecule has 2 aromatic rings. The third kappa shape index (κ3) is 6.72. The Bertz CT molecular complexity index is 756. The molecule has 1 amide bonds. The largest absolute Gasteiger partial charge is 0.465 e. The minimum atomic E-state index is -0.385. The van der Waals surface area contributed by atoms with Gasteiger partial charge in [-0.3, -0.25) is 0 Å². The molecule has 5 nitrogen and oxygen atoms in total. The maximum Gasteiger partial charge on any atom is 0.410 e. The first-order chi connectivity index (χ1) is 13.4. The number of carbonyl (C=O) groups excluding carboxylic acids is 2. The van der Waals surface area contributed by atoms with Gasteiger partial charge in [0.25, 0.3) is 0 Å². The molecule has 5 heteroatoms. The van der Waals surface area contributed by atoms with E-state index in [2.05, 4.69) is 0 Å². The predicted molar refractivity (Wildman–Crippen MR) is 111 cm³/mol. The fourth-order valence-corrected chi connectivity index (χ4v) is 2.55. The highest BCUT2D eigenvalue weighted by Crippen LogP contribution is 2.16. The second-order valence-corrected chi connectivity index (χ2v) is 6.40. The molecule has 0 unspecified atom stereocenters. The Morgan fingerprint density at radius 3 is 2.21 bits per heavy atom. The van der Waals surface area contributed by atoms with Crippen LogP contribution in [0.2, 0.25) is 0 Å². The van der Waals surface area contributed by atoms with Crippen molar-refractivity contribution in [1.29, 1.82) is 0 Å². The molecule has 0 radical (unpaired) electrons.